The smallest absolute Gasteiger partial charge is 0.150 e. The van der Waals surface area contributed by atoms with E-state index in [1.165, 1.54) is 6.26 Å². The second-order valence-electron chi connectivity index (χ2n) is 5.86. The third kappa shape index (κ3) is 3.93. The molecule has 4 nitrogen and oxygen atoms in total. The van der Waals surface area contributed by atoms with Crippen LogP contribution in [0.15, 0.2) is 0 Å². The van der Waals surface area contributed by atoms with Crippen molar-refractivity contribution in [1.29, 1.82) is 0 Å². The molecule has 0 aliphatic heterocycles. The summed E-state index contributed by atoms with van der Waals surface area (Å²) in [5.41, 5.74) is -0.612. The van der Waals surface area contributed by atoms with Crippen molar-refractivity contribution in [3.8, 4) is 0 Å². The lowest BCUT2D eigenvalue weighted by Gasteiger charge is -2.39. The van der Waals surface area contributed by atoms with Crippen molar-refractivity contribution >= 4 is 9.84 Å². The molecule has 3 unspecified atom stereocenters. The van der Waals surface area contributed by atoms with Gasteiger partial charge in [-0.3, -0.25) is 0 Å². The normalized spacial score (nSPS) is 28.1. The predicted molar refractivity (Wildman–Crippen MR) is 72.3 cm³/mol. The van der Waals surface area contributed by atoms with Gasteiger partial charge in [-0.1, -0.05) is 6.42 Å². The first-order valence-electron chi connectivity index (χ1n) is 6.69. The summed E-state index contributed by atoms with van der Waals surface area (Å²) in [7, 11) is -3.00. The molecule has 0 amide bonds. The minimum Gasteiger partial charge on any atom is -0.390 e. The van der Waals surface area contributed by atoms with Gasteiger partial charge < -0.3 is 9.84 Å². The standard InChI is InChI=1S/C13H26O4S/c1-5-17-13(2,3)12(14)10-7-6-8-11(9-10)18(4,15)16/h10-12,14H,5-9H2,1-4H3. The van der Waals surface area contributed by atoms with Crippen LogP contribution in [0.3, 0.4) is 0 Å². The third-order valence-corrected chi connectivity index (χ3v) is 5.59. The van der Waals surface area contributed by atoms with Crippen molar-refractivity contribution in [2.45, 2.75) is 63.4 Å². The van der Waals surface area contributed by atoms with E-state index in [1.54, 1.807) is 0 Å². The predicted octanol–water partition coefficient (Wildman–Crippen LogP) is 1.77. The van der Waals surface area contributed by atoms with Gasteiger partial charge in [-0.25, -0.2) is 8.42 Å². The molecule has 0 aromatic rings. The van der Waals surface area contributed by atoms with Gasteiger partial charge in [-0.2, -0.15) is 0 Å². The maximum atomic E-state index is 11.6. The lowest BCUT2D eigenvalue weighted by atomic mass is 9.79. The Hall–Kier alpha value is -0.130. The van der Waals surface area contributed by atoms with Crippen LogP contribution in [0.5, 0.6) is 0 Å². The van der Waals surface area contributed by atoms with E-state index in [-0.39, 0.29) is 11.2 Å². The van der Waals surface area contributed by atoms with Crippen molar-refractivity contribution in [3.63, 3.8) is 0 Å². The Morgan fingerprint density at radius 1 is 1.39 bits per heavy atom. The van der Waals surface area contributed by atoms with E-state index in [0.29, 0.717) is 13.0 Å². The molecule has 1 saturated carbocycles. The molecule has 5 heteroatoms. The van der Waals surface area contributed by atoms with Gasteiger partial charge in [0.1, 0.15) is 9.84 Å². The van der Waals surface area contributed by atoms with Gasteiger partial charge in [0.2, 0.25) is 0 Å². The number of aliphatic hydroxyl groups is 1. The fraction of sp³-hybridized carbons (Fsp3) is 1.00. The summed E-state index contributed by atoms with van der Waals surface area (Å²) in [5.74, 6) is 0.0139. The lowest BCUT2D eigenvalue weighted by Crippen LogP contribution is -2.46. The minimum absolute atomic E-state index is 0.0139. The average molecular weight is 278 g/mol. The second kappa shape index (κ2) is 5.88. The van der Waals surface area contributed by atoms with E-state index >= 15 is 0 Å². The Morgan fingerprint density at radius 3 is 2.50 bits per heavy atom. The number of rotatable bonds is 5. The first kappa shape index (κ1) is 15.9. The van der Waals surface area contributed by atoms with Crippen LogP contribution < -0.4 is 0 Å². The fourth-order valence-electron chi connectivity index (χ4n) is 2.88. The monoisotopic (exact) mass is 278 g/mol. The molecular weight excluding hydrogens is 252 g/mol. The van der Waals surface area contributed by atoms with E-state index in [4.69, 9.17) is 4.74 Å². The second-order valence-corrected chi connectivity index (χ2v) is 8.19. The molecule has 0 radical (unpaired) electrons. The number of ether oxygens (including phenoxy) is 1. The molecule has 0 heterocycles. The third-order valence-electron chi connectivity index (χ3n) is 3.95. The molecule has 1 fully saturated rings. The largest absolute Gasteiger partial charge is 0.390 e. The SMILES string of the molecule is CCOC(C)(C)C(O)C1CCCC(S(C)(=O)=O)C1. The first-order chi connectivity index (χ1) is 8.18. The molecular formula is C13H26O4S. The highest BCUT2D eigenvalue weighted by molar-refractivity contribution is 7.91. The van der Waals surface area contributed by atoms with Crippen LogP contribution >= 0.6 is 0 Å². The Bertz CT molecular complexity index is 361. The van der Waals surface area contributed by atoms with E-state index in [9.17, 15) is 13.5 Å². The minimum atomic E-state index is -3.00. The van der Waals surface area contributed by atoms with Gasteiger partial charge in [0.15, 0.2) is 0 Å². The van der Waals surface area contributed by atoms with Crippen molar-refractivity contribution in [2.75, 3.05) is 12.9 Å². The number of sulfone groups is 1. The van der Waals surface area contributed by atoms with E-state index in [1.807, 2.05) is 20.8 Å². The highest BCUT2D eigenvalue weighted by atomic mass is 32.2. The van der Waals surface area contributed by atoms with Gasteiger partial charge in [0.05, 0.1) is 17.0 Å². The first-order valence-corrected chi connectivity index (χ1v) is 8.64. The lowest BCUT2D eigenvalue weighted by molar-refractivity contribution is -0.122. The van der Waals surface area contributed by atoms with Crippen molar-refractivity contribution in [1.82, 2.24) is 0 Å². The van der Waals surface area contributed by atoms with E-state index < -0.39 is 21.5 Å². The molecule has 1 aliphatic rings. The van der Waals surface area contributed by atoms with Crippen LogP contribution in [0.25, 0.3) is 0 Å². The highest BCUT2D eigenvalue weighted by Gasteiger charge is 2.39. The Labute approximate surface area is 111 Å². The zero-order valence-electron chi connectivity index (χ0n) is 11.8. The maximum absolute atomic E-state index is 11.6. The molecule has 0 saturated heterocycles. The van der Waals surface area contributed by atoms with E-state index in [0.717, 1.165) is 19.3 Å². The van der Waals surface area contributed by atoms with Gasteiger partial charge in [-0.05, 0) is 46.0 Å². The highest BCUT2D eigenvalue weighted by Crippen LogP contribution is 2.35. The molecule has 3 atom stereocenters. The Balaban J connectivity index is 2.72. The molecule has 0 bridgehead atoms. The van der Waals surface area contributed by atoms with Crippen LogP contribution in [0.2, 0.25) is 0 Å². The quantitative estimate of drug-likeness (QED) is 0.832. The molecule has 0 aromatic carbocycles. The summed E-state index contributed by atoms with van der Waals surface area (Å²) in [6.45, 7) is 6.18. The molecule has 1 N–H and O–H groups in total. The summed E-state index contributed by atoms with van der Waals surface area (Å²) in [5, 5.41) is 10.1. The summed E-state index contributed by atoms with van der Waals surface area (Å²) in [6.07, 6.45) is 3.70. The zero-order valence-corrected chi connectivity index (χ0v) is 12.7. The number of hydrogen-bond acceptors (Lipinski definition) is 4. The van der Waals surface area contributed by atoms with Crippen LogP contribution in [-0.2, 0) is 14.6 Å². The molecule has 108 valence electrons. The van der Waals surface area contributed by atoms with Crippen molar-refractivity contribution < 1.29 is 18.3 Å². The molecule has 18 heavy (non-hydrogen) atoms. The Kier molecular flexibility index (Phi) is 5.21. The fourth-order valence-corrected chi connectivity index (χ4v) is 4.07. The van der Waals surface area contributed by atoms with Crippen LogP contribution in [0, 0.1) is 5.92 Å². The van der Waals surface area contributed by atoms with Gasteiger partial charge in [-0.15, -0.1) is 0 Å². The van der Waals surface area contributed by atoms with Crippen LogP contribution in [0.1, 0.15) is 46.5 Å². The summed E-state index contributed by atoms with van der Waals surface area (Å²) in [6, 6.07) is 0. The maximum Gasteiger partial charge on any atom is 0.150 e. The Morgan fingerprint density at radius 2 is 2.00 bits per heavy atom. The van der Waals surface area contributed by atoms with Crippen LogP contribution in [-0.4, -0.2) is 43.3 Å². The zero-order chi connectivity index (χ0) is 14.0. The topological polar surface area (TPSA) is 63.6 Å². The van der Waals surface area contributed by atoms with Crippen LogP contribution in [0.4, 0.5) is 0 Å². The van der Waals surface area contributed by atoms with Crippen molar-refractivity contribution in [3.05, 3.63) is 0 Å². The number of aliphatic hydroxyl groups excluding tert-OH is 1. The van der Waals surface area contributed by atoms with Gasteiger partial charge in [0.25, 0.3) is 0 Å². The molecule has 1 aliphatic carbocycles. The van der Waals surface area contributed by atoms with Crippen molar-refractivity contribution in [2.24, 2.45) is 5.92 Å². The molecule has 0 aromatic heterocycles. The summed E-state index contributed by atoms with van der Waals surface area (Å²) < 4.78 is 28.8. The van der Waals surface area contributed by atoms with E-state index in [2.05, 4.69) is 0 Å². The molecule has 0 spiro atoms. The number of hydrogen-bond donors (Lipinski definition) is 1. The molecule has 1 rings (SSSR count). The van der Waals surface area contributed by atoms with Gasteiger partial charge in [0, 0.05) is 12.9 Å². The average Bonchev–Trinajstić information content (AvgIpc) is 2.27. The summed E-state index contributed by atoms with van der Waals surface area (Å²) in [4.78, 5) is 0. The summed E-state index contributed by atoms with van der Waals surface area (Å²) >= 11 is 0. The van der Waals surface area contributed by atoms with Gasteiger partial charge >= 0.3 is 0 Å².